The van der Waals surface area contributed by atoms with E-state index < -0.39 is 0 Å². The van der Waals surface area contributed by atoms with Gasteiger partial charge in [-0.05, 0) is 74.8 Å². The topological polar surface area (TPSA) is 29.3 Å². The Hall–Kier alpha value is -0.0800. The van der Waals surface area contributed by atoms with Gasteiger partial charge in [-0.25, -0.2) is 0 Å². The fourth-order valence-electron chi connectivity index (χ4n) is 4.61. The van der Waals surface area contributed by atoms with E-state index in [0.29, 0.717) is 6.04 Å². The first-order chi connectivity index (χ1) is 9.47. The molecular formula is C18H36N2. The van der Waals surface area contributed by atoms with Gasteiger partial charge < -0.3 is 10.6 Å². The van der Waals surface area contributed by atoms with Crippen molar-refractivity contribution >= 4 is 0 Å². The molecule has 2 fully saturated rings. The van der Waals surface area contributed by atoms with E-state index in [9.17, 15) is 0 Å². The first kappa shape index (κ1) is 16.3. The summed E-state index contributed by atoms with van der Waals surface area (Å²) in [5.41, 5.74) is 6.46. The molecule has 0 radical (unpaired) electrons. The average Bonchev–Trinajstić information content (AvgIpc) is 2.59. The summed E-state index contributed by atoms with van der Waals surface area (Å²) in [6, 6.07) is 0.429. The van der Waals surface area contributed by atoms with E-state index in [4.69, 9.17) is 5.73 Å². The number of hydrogen-bond acceptors (Lipinski definition) is 2. The first-order valence-corrected chi connectivity index (χ1v) is 8.95. The molecule has 2 heteroatoms. The molecule has 5 unspecified atom stereocenters. The molecule has 20 heavy (non-hydrogen) atoms. The summed E-state index contributed by atoms with van der Waals surface area (Å²) < 4.78 is 0. The van der Waals surface area contributed by atoms with E-state index in [1.807, 2.05) is 0 Å². The fraction of sp³-hybridized carbons (Fsp3) is 1.00. The molecule has 1 saturated heterocycles. The summed E-state index contributed by atoms with van der Waals surface area (Å²) in [4.78, 5) is 2.72. The number of hydrogen-bond donors (Lipinski definition) is 1. The lowest BCUT2D eigenvalue weighted by atomic mass is 9.72. The average molecular weight is 280 g/mol. The molecule has 0 aromatic carbocycles. The maximum absolute atomic E-state index is 6.46. The van der Waals surface area contributed by atoms with Crippen LogP contribution in [0.25, 0.3) is 0 Å². The molecule has 0 aromatic heterocycles. The summed E-state index contributed by atoms with van der Waals surface area (Å²) in [5.74, 6) is 4.15. The summed E-state index contributed by atoms with van der Waals surface area (Å²) in [6.45, 7) is 13.4. The molecule has 2 aliphatic rings. The Morgan fingerprint density at radius 2 is 1.85 bits per heavy atom. The Morgan fingerprint density at radius 1 is 1.10 bits per heavy atom. The number of nitrogens with two attached hydrogens (primary N) is 1. The normalized spacial score (nSPS) is 40.8. The van der Waals surface area contributed by atoms with E-state index in [-0.39, 0.29) is 0 Å². The fourth-order valence-corrected chi connectivity index (χ4v) is 4.61. The molecule has 0 amide bonds. The summed E-state index contributed by atoms with van der Waals surface area (Å²) in [7, 11) is 0. The molecule has 0 bridgehead atoms. The second-order valence-corrected chi connectivity index (χ2v) is 8.12. The van der Waals surface area contributed by atoms with Gasteiger partial charge in [0.1, 0.15) is 0 Å². The Morgan fingerprint density at radius 3 is 2.50 bits per heavy atom. The minimum atomic E-state index is 0.429. The van der Waals surface area contributed by atoms with Crippen molar-refractivity contribution in [2.24, 2.45) is 35.3 Å². The Balaban J connectivity index is 1.86. The van der Waals surface area contributed by atoms with E-state index in [2.05, 4.69) is 32.6 Å². The van der Waals surface area contributed by atoms with Crippen LogP contribution in [0, 0.1) is 29.6 Å². The van der Waals surface area contributed by atoms with Crippen LogP contribution in [0.2, 0.25) is 0 Å². The van der Waals surface area contributed by atoms with Crippen molar-refractivity contribution in [3.63, 3.8) is 0 Å². The molecule has 2 nitrogen and oxygen atoms in total. The van der Waals surface area contributed by atoms with Crippen molar-refractivity contribution in [3.05, 3.63) is 0 Å². The maximum Gasteiger partial charge on any atom is 0.00844 e. The van der Waals surface area contributed by atoms with Gasteiger partial charge in [0.2, 0.25) is 0 Å². The largest absolute Gasteiger partial charge is 0.327 e. The van der Waals surface area contributed by atoms with Crippen LogP contribution in [0.3, 0.4) is 0 Å². The van der Waals surface area contributed by atoms with Crippen molar-refractivity contribution in [2.75, 3.05) is 19.6 Å². The number of rotatable bonds is 3. The van der Waals surface area contributed by atoms with Gasteiger partial charge in [0.25, 0.3) is 0 Å². The monoisotopic (exact) mass is 280 g/mol. The van der Waals surface area contributed by atoms with E-state index in [1.165, 1.54) is 51.7 Å². The molecule has 1 heterocycles. The van der Waals surface area contributed by atoms with Gasteiger partial charge in [-0.15, -0.1) is 0 Å². The van der Waals surface area contributed by atoms with Crippen LogP contribution >= 0.6 is 0 Å². The highest BCUT2D eigenvalue weighted by Gasteiger charge is 2.33. The molecule has 1 saturated carbocycles. The molecule has 0 spiro atoms. The highest BCUT2D eigenvalue weighted by Crippen LogP contribution is 2.34. The first-order valence-electron chi connectivity index (χ1n) is 8.95. The van der Waals surface area contributed by atoms with Crippen molar-refractivity contribution in [3.8, 4) is 0 Å². The highest BCUT2D eigenvalue weighted by atomic mass is 15.1. The van der Waals surface area contributed by atoms with E-state index in [0.717, 1.165) is 29.6 Å². The van der Waals surface area contributed by atoms with Crippen LogP contribution in [-0.2, 0) is 0 Å². The third-order valence-electron chi connectivity index (χ3n) is 6.01. The highest BCUT2D eigenvalue weighted by molar-refractivity contribution is 4.88. The predicted octanol–water partition coefficient (Wildman–Crippen LogP) is 3.75. The molecule has 118 valence electrons. The summed E-state index contributed by atoms with van der Waals surface area (Å²) >= 11 is 0. The lowest BCUT2D eigenvalue weighted by Gasteiger charge is -2.40. The second kappa shape index (κ2) is 7.26. The summed E-state index contributed by atoms with van der Waals surface area (Å²) in [5, 5.41) is 0. The zero-order chi connectivity index (χ0) is 14.7. The lowest BCUT2D eigenvalue weighted by molar-refractivity contribution is 0.118. The SMILES string of the molecule is CC1CC(C)C(CN2CCCC(C(C)C)CC2)C(N)C1. The third-order valence-corrected chi connectivity index (χ3v) is 6.01. The van der Waals surface area contributed by atoms with Crippen molar-refractivity contribution in [1.82, 2.24) is 4.90 Å². The quantitative estimate of drug-likeness (QED) is 0.853. The molecular weight excluding hydrogens is 244 g/mol. The molecule has 1 aliphatic heterocycles. The lowest BCUT2D eigenvalue weighted by Crippen LogP contribution is -2.46. The zero-order valence-corrected chi connectivity index (χ0v) is 14.1. The van der Waals surface area contributed by atoms with Crippen molar-refractivity contribution < 1.29 is 0 Å². The van der Waals surface area contributed by atoms with Crippen molar-refractivity contribution in [1.29, 1.82) is 0 Å². The van der Waals surface area contributed by atoms with Gasteiger partial charge in [-0.1, -0.05) is 27.7 Å². The second-order valence-electron chi connectivity index (χ2n) is 8.12. The molecule has 2 N–H and O–H groups in total. The molecule has 1 aliphatic carbocycles. The van der Waals surface area contributed by atoms with Gasteiger partial charge in [-0.3, -0.25) is 0 Å². The van der Waals surface area contributed by atoms with Gasteiger partial charge in [0, 0.05) is 12.6 Å². The molecule has 5 atom stereocenters. The minimum absolute atomic E-state index is 0.429. The smallest absolute Gasteiger partial charge is 0.00844 e. The number of nitrogens with zero attached hydrogens (tertiary/aromatic N) is 1. The van der Waals surface area contributed by atoms with E-state index >= 15 is 0 Å². The maximum atomic E-state index is 6.46. The Bertz CT molecular complexity index is 277. The third kappa shape index (κ3) is 4.21. The predicted molar refractivity (Wildman–Crippen MR) is 87.6 cm³/mol. The van der Waals surface area contributed by atoms with Gasteiger partial charge in [0.15, 0.2) is 0 Å². The minimum Gasteiger partial charge on any atom is -0.327 e. The van der Waals surface area contributed by atoms with Crippen LogP contribution in [0.5, 0.6) is 0 Å². The van der Waals surface area contributed by atoms with Gasteiger partial charge in [-0.2, -0.15) is 0 Å². The van der Waals surface area contributed by atoms with E-state index in [1.54, 1.807) is 0 Å². The van der Waals surface area contributed by atoms with Crippen LogP contribution in [0.1, 0.15) is 59.8 Å². The van der Waals surface area contributed by atoms with Gasteiger partial charge >= 0.3 is 0 Å². The standard InChI is InChI=1S/C18H36N2/c1-13(2)16-6-5-8-20(9-7-16)12-17-15(4)10-14(3)11-18(17)19/h13-18H,5-12,19H2,1-4H3. The van der Waals surface area contributed by atoms with Gasteiger partial charge in [0.05, 0.1) is 0 Å². The van der Waals surface area contributed by atoms with Crippen LogP contribution in [-0.4, -0.2) is 30.6 Å². The van der Waals surface area contributed by atoms with Crippen molar-refractivity contribution in [2.45, 2.75) is 65.8 Å². The van der Waals surface area contributed by atoms with Crippen LogP contribution < -0.4 is 5.73 Å². The summed E-state index contributed by atoms with van der Waals surface area (Å²) in [6.07, 6.45) is 6.82. The Labute approximate surface area is 126 Å². The number of likely N-dealkylation sites (tertiary alicyclic amines) is 1. The zero-order valence-electron chi connectivity index (χ0n) is 14.1. The molecule has 0 aromatic rings. The Kier molecular flexibility index (Phi) is 5.92. The van der Waals surface area contributed by atoms with Crippen LogP contribution in [0.4, 0.5) is 0 Å². The van der Waals surface area contributed by atoms with Crippen LogP contribution in [0.15, 0.2) is 0 Å². The molecule has 2 rings (SSSR count).